The summed E-state index contributed by atoms with van der Waals surface area (Å²) in [6.07, 6.45) is 10.4. The van der Waals surface area contributed by atoms with E-state index in [0.29, 0.717) is 23.3 Å². The van der Waals surface area contributed by atoms with Crippen molar-refractivity contribution < 1.29 is 9.90 Å². The molecule has 0 heterocycles. The molecule has 66 valence electrons. The minimum atomic E-state index is -0.752. The second-order valence-corrected chi connectivity index (χ2v) is 3.95. The molecule has 0 fully saturated rings. The molecule has 2 heteroatoms. The van der Waals surface area contributed by atoms with E-state index >= 15 is 0 Å². The van der Waals surface area contributed by atoms with E-state index in [1.807, 2.05) is 6.08 Å². The Labute approximate surface area is 76.3 Å². The van der Waals surface area contributed by atoms with Crippen molar-refractivity contribution in [3.63, 3.8) is 0 Å². The standard InChI is InChI=1S/C11H10O2/c12-11(13)9-5-7-2-1-6-3-4-8(9)10(6)7/h1-8,10H,(H,12,13)/t6-,7-,8+,10+/m0/s1. The first-order chi connectivity index (χ1) is 6.27. The normalized spacial score (nSPS) is 43.8. The molecule has 2 nitrogen and oxygen atoms in total. The van der Waals surface area contributed by atoms with Crippen LogP contribution in [0.3, 0.4) is 0 Å². The van der Waals surface area contributed by atoms with Gasteiger partial charge in [-0.1, -0.05) is 30.4 Å². The molecule has 0 bridgehead atoms. The Bertz CT molecular complexity index is 362. The van der Waals surface area contributed by atoms with Gasteiger partial charge in [-0.3, -0.25) is 0 Å². The van der Waals surface area contributed by atoms with E-state index in [0.717, 1.165) is 0 Å². The summed E-state index contributed by atoms with van der Waals surface area (Å²) >= 11 is 0. The molecule has 0 saturated carbocycles. The summed E-state index contributed by atoms with van der Waals surface area (Å²) in [6, 6.07) is 0. The number of carboxylic acid groups (broad SMARTS) is 1. The fourth-order valence-electron chi connectivity index (χ4n) is 2.83. The predicted molar refractivity (Wildman–Crippen MR) is 48.0 cm³/mol. The van der Waals surface area contributed by atoms with Gasteiger partial charge in [-0.15, -0.1) is 0 Å². The van der Waals surface area contributed by atoms with Gasteiger partial charge in [0, 0.05) is 17.4 Å². The lowest BCUT2D eigenvalue weighted by molar-refractivity contribution is -0.133. The van der Waals surface area contributed by atoms with Crippen LogP contribution in [-0.2, 0) is 4.79 Å². The highest BCUT2D eigenvalue weighted by atomic mass is 16.4. The molecule has 3 aliphatic rings. The Hall–Kier alpha value is -1.31. The van der Waals surface area contributed by atoms with Crippen LogP contribution in [0.2, 0.25) is 0 Å². The van der Waals surface area contributed by atoms with E-state index in [1.54, 1.807) is 0 Å². The highest BCUT2D eigenvalue weighted by molar-refractivity contribution is 5.89. The summed E-state index contributed by atoms with van der Waals surface area (Å²) in [7, 11) is 0. The Morgan fingerprint density at radius 2 is 1.85 bits per heavy atom. The van der Waals surface area contributed by atoms with E-state index in [1.165, 1.54) is 0 Å². The lowest BCUT2D eigenvalue weighted by Gasteiger charge is -2.15. The first-order valence-corrected chi connectivity index (χ1v) is 4.59. The molecule has 0 aromatic carbocycles. The van der Waals surface area contributed by atoms with E-state index < -0.39 is 5.97 Å². The molecule has 0 saturated heterocycles. The second kappa shape index (κ2) is 2.13. The van der Waals surface area contributed by atoms with E-state index in [4.69, 9.17) is 5.11 Å². The number of carbonyl (C=O) groups is 1. The summed E-state index contributed by atoms with van der Waals surface area (Å²) in [5, 5.41) is 8.96. The average molecular weight is 174 g/mol. The van der Waals surface area contributed by atoms with Gasteiger partial charge in [0.25, 0.3) is 0 Å². The number of aliphatic carboxylic acids is 1. The van der Waals surface area contributed by atoms with Crippen LogP contribution in [-0.4, -0.2) is 11.1 Å². The first kappa shape index (κ1) is 7.13. The fourth-order valence-corrected chi connectivity index (χ4v) is 2.83. The van der Waals surface area contributed by atoms with Crippen molar-refractivity contribution in [1.82, 2.24) is 0 Å². The van der Waals surface area contributed by atoms with Gasteiger partial charge in [-0.05, 0) is 11.8 Å². The molecule has 13 heavy (non-hydrogen) atoms. The van der Waals surface area contributed by atoms with Crippen LogP contribution in [0.4, 0.5) is 0 Å². The third-order valence-corrected chi connectivity index (χ3v) is 3.38. The lowest BCUT2D eigenvalue weighted by Crippen LogP contribution is -2.15. The van der Waals surface area contributed by atoms with Crippen LogP contribution in [0.25, 0.3) is 0 Å². The highest BCUT2D eigenvalue weighted by Gasteiger charge is 2.45. The maximum absolute atomic E-state index is 10.9. The molecule has 3 aliphatic carbocycles. The maximum atomic E-state index is 10.9. The molecule has 0 amide bonds. The molecule has 3 rings (SSSR count). The topological polar surface area (TPSA) is 37.3 Å². The highest BCUT2D eigenvalue weighted by Crippen LogP contribution is 2.50. The Balaban J connectivity index is 2.07. The first-order valence-electron chi connectivity index (χ1n) is 4.59. The van der Waals surface area contributed by atoms with Crippen LogP contribution < -0.4 is 0 Å². The van der Waals surface area contributed by atoms with Crippen molar-refractivity contribution in [1.29, 1.82) is 0 Å². The zero-order valence-electron chi connectivity index (χ0n) is 7.05. The molecule has 4 atom stereocenters. The minimum Gasteiger partial charge on any atom is -0.478 e. The van der Waals surface area contributed by atoms with Crippen LogP contribution in [0, 0.1) is 23.7 Å². The lowest BCUT2D eigenvalue weighted by atomic mass is 9.87. The van der Waals surface area contributed by atoms with Crippen molar-refractivity contribution in [2.45, 2.75) is 0 Å². The fraction of sp³-hybridized carbons (Fsp3) is 0.364. The summed E-state index contributed by atoms with van der Waals surface area (Å²) in [5.74, 6) is 0.769. The maximum Gasteiger partial charge on any atom is 0.331 e. The third kappa shape index (κ3) is 0.755. The molecule has 0 aromatic heterocycles. The van der Waals surface area contributed by atoms with Gasteiger partial charge in [0.15, 0.2) is 0 Å². The van der Waals surface area contributed by atoms with E-state index in [2.05, 4.69) is 24.3 Å². The zero-order chi connectivity index (χ0) is 9.00. The smallest absolute Gasteiger partial charge is 0.331 e. The van der Waals surface area contributed by atoms with Gasteiger partial charge in [-0.2, -0.15) is 0 Å². The van der Waals surface area contributed by atoms with Gasteiger partial charge in [0.05, 0.1) is 0 Å². The zero-order valence-corrected chi connectivity index (χ0v) is 7.05. The van der Waals surface area contributed by atoms with Crippen LogP contribution >= 0.6 is 0 Å². The SMILES string of the molecule is O=C(O)C1=C[C@@H]2C=C[C@H]3C=C[C@H]1[C@H]32. The molecule has 0 spiro atoms. The van der Waals surface area contributed by atoms with Gasteiger partial charge >= 0.3 is 5.97 Å². The molecule has 0 radical (unpaired) electrons. The summed E-state index contributed by atoms with van der Waals surface area (Å²) in [4.78, 5) is 10.9. The second-order valence-electron chi connectivity index (χ2n) is 3.95. The number of allylic oxidation sites excluding steroid dienone is 5. The number of carboxylic acids is 1. The monoisotopic (exact) mass is 174 g/mol. The number of rotatable bonds is 1. The van der Waals surface area contributed by atoms with Gasteiger partial charge in [-0.25, -0.2) is 4.79 Å². The van der Waals surface area contributed by atoms with Gasteiger partial charge < -0.3 is 5.11 Å². The Kier molecular flexibility index (Phi) is 1.17. The van der Waals surface area contributed by atoms with E-state index in [9.17, 15) is 4.79 Å². The van der Waals surface area contributed by atoms with Crippen molar-refractivity contribution >= 4 is 5.97 Å². The largest absolute Gasteiger partial charge is 0.478 e. The average Bonchev–Trinajstić information content (AvgIpc) is 2.72. The minimum absolute atomic E-state index is 0.169. The van der Waals surface area contributed by atoms with Crippen molar-refractivity contribution in [3.8, 4) is 0 Å². The molecule has 0 aromatic rings. The summed E-state index contributed by atoms with van der Waals surface area (Å²) in [5.41, 5.74) is 0.595. The van der Waals surface area contributed by atoms with Crippen LogP contribution in [0.5, 0.6) is 0 Å². The molecular formula is C11H10O2. The Morgan fingerprint density at radius 3 is 2.62 bits per heavy atom. The molecule has 0 unspecified atom stereocenters. The van der Waals surface area contributed by atoms with E-state index in [-0.39, 0.29) is 5.92 Å². The predicted octanol–water partition coefficient (Wildman–Crippen LogP) is 1.62. The number of hydrogen-bond donors (Lipinski definition) is 1. The van der Waals surface area contributed by atoms with Crippen LogP contribution in [0.15, 0.2) is 36.0 Å². The van der Waals surface area contributed by atoms with Gasteiger partial charge in [0.1, 0.15) is 0 Å². The quantitative estimate of drug-likeness (QED) is 0.613. The number of hydrogen-bond acceptors (Lipinski definition) is 1. The van der Waals surface area contributed by atoms with Crippen molar-refractivity contribution in [2.24, 2.45) is 23.7 Å². The summed E-state index contributed by atoms with van der Waals surface area (Å²) in [6.45, 7) is 0. The summed E-state index contributed by atoms with van der Waals surface area (Å²) < 4.78 is 0. The van der Waals surface area contributed by atoms with Crippen molar-refractivity contribution in [3.05, 3.63) is 36.0 Å². The van der Waals surface area contributed by atoms with Gasteiger partial charge in [0.2, 0.25) is 0 Å². The molecule has 1 N–H and O–H groups in total. The Morgan fingerprint density at radius 1 is 1.15 bits per heavy atom. The molecular weight excluding hydrogens is 164 g/mol. The third-order valence-electron chi connectivity index (χ3n) is 3.38. The van der Waals surface area contributed by atoms with Crippen molar-refractivity contribution in [2.75, 3.05) is 0 Å². The van der Waals surface area contributed by atoms with Crippen LogP contribution in [0.1, 0.15) is 0 Å². The molecule has 0 aliphatic heterocycles.